The van der Waals surface area contributed by atoms with E-state index < -0.39 is 11.8 Å². The molecular formula is C17H24N2O2. The molecule has 2 atom stereocenters. The van der Waals surface area contributed by atoms with Crippen LogP contribution in [0, 0.1) is 19.8 Å². The highest BCUT2D eigenvalue weighted by molar-refractivity contribution is 6.39. The van der Waals surface area contributed by atoms with Gasteiger partial charge in [-0.3, -0.25) is 9.59 Å². The predicted octanol–water partition coefficient (Wildman–Crippen LogP) is 2.94. The van der Waals surface area contributed by atoms with E-state index in [0.29, 0.717) is 11.6 Å². The molecule has 4 heteroatoms. The first-order valence-electron chi connectivity index (χ1n) is 7.66. The minimum Gasteiger partial charge on any atom is -0.345 e. The van der Waals surface area contributed by atoms with Crippen molar-refractivity contribution in [3.05, 3.63) is 29.3 Å². The van der Waals surface area contributed by atoms with E-state index in [1.165, 1.54) is 6.42 Å². The Balaban J connectivity index is 1.93. The zero-order valence-electron chi connectivity index (χ0n) is 13.0. The van der Waals surface area contributed by atoms with Gasteiger partial charge in [0.05, 0.1) is 0 Å². The van der Waals surface area contributed by atoms with Gasteiger partial charge in [0.15, 0.2) is 0 Å². The quantitative estimate of drug-likeness (QED) is 0.822. The van der Waals surface area contributed by atoms with E-state index in [9.17, 15) is 9.59 Å². The van der Waals surface area contributed by atoms with E-state index in [1.54, 1.807) is 0 Å². The fraction of sp³-hybridized carbons (Fsp3) is 0.529. The molecule has 2 amide bonds. The third-order valence-electron chi connectivity index (χ3n) is 4.40. The SMILES string of the molecule is Cc1ccc(NC(=O)C(=O)N[C@H]2CCCC[C@H]2C)cc1C. The van der Waals surface area contributed by atoms with Crippen molar-refractivity contribution in [2.75, 3.05) is 5.32 Å². The second-order valence-corrected chi connectivity index (χ2v) is 6.09. The van der Waals surface area contributed by atoms with Gasteiger partial charge >= 0.3 is 11.8 Å². The number of nitrogens with one attached hydrogen (secondary N) is 2. The molecule has 0 aliphatic heterocycles. The Labute approximate surface area is 126 Å². The average Bonchev–Trinajstić information content (AvgIpc) is 2.45. The molecule has 0 aromatic heterocycles. The largest absolute Gasteiger partial charge is 0.345 e. The lowest BCUT2D eigenvalue weighted by atomic mass is 9.86. The van der Waals surface area contributed by atoms with E-state index in [2.05, 4.69) is 17.6 Å². The molecule has 4 nitrogen and oxygen atoms in total. The maximum Gasteiger partial charge on any atom is 0.313 e. The van der Waals surface area contributed by atoms with Crippen molar-refractivity contribution in [2.24, 2.45) is 5.92 Å². The van der Waals surface area contributed by atoms with E-state index in [0.717, 1.165) is 30.4 Å². The summed E-state index contributed by atoms with van der Waals surface area (Å²) in [4.78, 5) is 24.0. The molecule has 1 fully saturated rings. The summed E-state index contributed by atoms with van der Waals surface area (Å²) in [6.45, 7) is 6.12. The van der Waals surface area contributed by atoms with E-state index in [-0.39, 0.29) is 6.04 Å². The van der Waals surface area contributed by atoms with Crippen LogP contribution in [0.15, 0.2) is 18.2 Å². The smallest absolute Gasteiger partial charge is 0.313 e. The lowest BCUT2D eigenvalue weighted by Gasteiger charge is -2.29. The van der Waals surface area contributed by atoms with Gasteiger partial charge in [-0.05, 0) is 55.9 Å². The van der Waals surface area contributed by atoms with Gasteiger partial charge in [0.1, 0.15) is 0 Å². The summed E-state index contributed by atoms with van der Waals surface area (Å²) in [5.74, 6) is -0.680. The minimum atomic E-state index is -0.587. The van der Waals surface area contributed by atoms with E-state index in [4.69, 9.17) is 0 Å². The molecule has 1 saturated carbocycles. The zero-order chi connectivity index (χ0) is 15.4. The number of carbonyl (C=O) groups excluding carboxylic acids is 2. The molecule has 1 aliphatic carbocycles. The van der Waals surface area contributed by atoms with Crippen molar-refractivity contribution in [1.82, 2.24) is 5.32 Å². The topological polar surface area (TPSA) is 58.2 Å². The summed E-state index contributed by atoms with van der Waals surface area (Å²) in [6, 6.07) is 5.75. The molecule has 0 saturated heterocycles. The van der Waals surface area contributed by atoms with Crippen molar-refractivity contribution >= 4 is 17.5 Å². The Kier molecular flexibility index (Phi) is 4.99. The summed E-state index contributed by atoms with van der Waals surface area (Å²) < 4.78 is 0. The lowest BCUT2D eigenvalue weighted by molar-refractivity contribution is -0.137. The van der Waals surface area contributed by atoms with E-state index >= 15 is 0 Å². The second-order valence-electron chi connectivity index (χ2n) is 6.09. The van der Waals surface area contributed by atoms with Crippen LogP contribution in [-0.2, 0) is 9.59 Å². The molecule has 2 N–H and O–H groups in total. The van der Waals surface area contributed by atoms with Gasteiger partial charge in [0.25, 0.3) is 0 Å². The van der Waals surface area contributed by atoms with Crippen molar-refractivity contribution in [1.29, 1.82) is 0 Å². The van der Waals surface area contributed by atoms with Crippen LogP contribution in [0.3, 0.4) is 0 Å². The minimum absolute atomic E-state index is 0.122. The molecule has 0 bridgehead atoms. The predicted molar refractivity (Wildman–Crippen MR) is 84.1 cm³/mol. The molecule has 1 aromatic rings. The molecule has 1 aliphatic rings. The number of amides is 2. The highest BCUT2D eigenvalue weighted by atomic mass is 16.2. The van der Waals surface area contributed by atoms with E-state index in [1.807, 2.05) is 32.0 Å². The third-order valence-corrected chi connectivity index (χ3v) is 4.40. The summed E-state index contributed by atoms with van der Waals surface area (Å²) in [7, 11) is 0. The molecule has 21 heavy (non-hydrogen) atoms. The Morgan fingerprint density at radius 3 is 2.43 bits per heavy atom. The summed E-state index contributed by atoms with van der Waals surface area (Å²) in [5, 5.41) is 5.53. The monoisotopic (exact) mass is 288 g/mol. The van der Waals surface area contributed by atoms with Gasteiger partial charge in [0.2, 0.25) is 0 Å². The zero-order valence-corrected chi connectivity index (χ0v) is 13.0. The van der Waals surface area contributed by atoms with Gasteiger partial charge in [0, 0.05) is 11.7 Å². The first-order chi connectivity index (χ1) is 9.97. The number of anilines is 1. The summed E-state index contributed by atoms with van der Waals surface area (Å²) >= 11 is 0. The standard InChI is InChI=1S/C17H24N2O2/c1-11-8-9-14(10-13(11)3)18-16(20)17(21)19-15-7-5-4-6-12(15)2/h8-10,12,15H,4-7H2,1-3H3,(H,18,20)(H,19,21)/t12-,15+/m1/s1. The van der Waals surface area contributed by atoms with Crippen LogP contribution < -0.4 is 10.6 Å². The van der Waals surface area contributed by atoms with Crippen molar-refractivity contribution in [3.63, 3.8) is 0 Å². The molecule has 0 radical (unpaired) electrons. The Bertz CT molecular complexity index is 540. The normalized spacial score (nSPS) is 21.7. The van der Waals surface area contributed by atoms with Crippen LogP contribution in [0.4, 0.5) is 5.69 Å². The Hall–Kier alpha value is -1.84. The van der Waals surface area contributed by atoms with Crippen LogP contribution in [0.5, 0.6) is 0 Å². The van der Waals surface area contributed by atoms with Crippen LogP contribution >= 0.6 is 0 Å². The van der Waals surface area contributed by atoms with Crippen molar-refractivity contribution in [2.45, 2.75) is 52.5 Å². The van der Waals surface area contributed by atoms with Crippen molar-refractivity contribution in [3.8, 4) is 0 Å². The Morgan fingerprint density at radius 1 is 1.05 bits per heavy atom. The molecule has 2 rings (SSSR count). The van der Waals surface area contributed by atoms with Crippen LogP contribution in [0.25, 0.3) is 0 Å². The fourth-order valence-electron chi connectivity index (χ4n) is 2.77. The van der Waals surface area contributed by atoms with Gasteiger partial charge in [-0.2, -0.15) is 0 Å². The Morgan fingerprint density at radius 2 is 1.76 bits per heavy atom. The lowest BCUT2D eigenvalue weighted by Crippen LogP contribution is -2.45. The molecule has 0 spiro atoms. The number of aryl methyl sites for hydroxylation is 2. The molecule has 1 aromatic carbocycles. The maximum atomic E-state index is 12.0. The number of carbonyl (C=O) groups is 2. The van der Waals surface area contributed by atoms with Crippen LogP contribution in [0.2, 0.25) is 0 Å². The molecule has 0 unspecified atom stereocenters. The first kappa shape index (κ1) is 15.5. The fourth-order valence-corrected chi connectivity index (χ4v) is 2.77. The number of hydrogen-bond donors (Lipinski definition) is 2. The number of hydrogen-bond acceptors (Lipinski definition) is 2. The maximum absolute atomic E-state index is 12.0. The molecular weight excluding hydrogens is 264 g/mol. The average molecular weight is 288 g/mol. The van der Waals surface area contributed by atoms with Gasteiger partial charge in [-0.1, -0.05) is 25.8 Å². The van der Waals surface area contributed by atoms with Crippen LogP contribution in [0.1, 0.15) is 43.7 Å². The second kappa shape index (κ2) is 6.74. The van der Waals surface area contributed by atoms with Gasteiger partial charge in [-0.25, -0.2) is 0 Å². The molecule has 114 valence electrons. The van der Waals surface area contributed by atoms with Crippen molar-refractivity contribution < 1.29 is 9.59 Å². The first-order valence-corrected chi connectivity index (χ1v) is 7.66. The summed E-state index contributed by atoms with van der Waals surface area (Å²) in [5.41, 5.74) is 2.91. The van der Waals surface area contributed by atoms with Crippen LogP contribution in [-0.4, -0.2) is 17.9 Å². The molecule has 0 heterocycles. The number of benzene rings is 1. The summed E-state index contributed by atoms with van der Waals surface area (Å²) in [6.07, 6.45) is 4.41. The highest BCUT2D eigenvalue weighted by Crippen LogP contribution is 2.23. The highest BCUT2D eigenvalue weighted by Gasteiger charge is 2.25. The van der Waals surface area contributed by atoms with Gasteiger partial charge < -0.3 is 10.6 Å². The third kappa shape index (κ3) is 4.06. The van der Waals surface area contributed by atoms with Gasteiger partial charge in [-0.15, -0.1) is 0 Å². The number of rotatable bonds is 2.